The van der Waals surface area contributed by atoms with Crippen LogP contribution in [0.15, 0.2) is 53.0 Å². The molecule has 0 aliphatic heterocycles. The lowest BCUT2D eigenvalue weighted by molar-refractivity contribution is -0.137. The highest BCUT2D eigenvalue weighted by Gasteiger charge is 2.33. The van der Waals surface area contributed by atoms with Crippen LogP contribution >= 0.6 is 15.9 Å². The molecule has 0 atom stereocenters. The third-order valence-electron chi connectivity index (χ3n) is 3.04. The van der Waals surface area contributed by atoms with E-state index in [1.807, 2.05) is 18.2 Å². The molecule has 0 fully saturated rings. The second kappa shape index (κ2) is 8.58. The van der Waals surface area contributed by atoms with E-state index in [1.54, 1.807) is 12.1 Å². The van der Waals surface area contributed by atoms with Crippen molar-refractivity contribution in [1.82, 2.24) is 5.32 Å². The van der Waals surface area contributed by atoms with E-state index in [9.17, 15) is 18.0 Å². The van der Waals surface area contributed by atoms with Gasteiger partial charge in [0.25, 0.3) is 0 Å². The Morgan fingerprint density at radius 2 is 1.88 bits per heavy atom. The van der Waals surface area contributed by atoms with Gasteiger partial charge in [-0.1, -0.05) is 58.1 Å². The number of alkyl halides is 3. The molecule has 0 heterocycles. The van der Waals surface area contributed by atoms with Crippen LogP contribution in [0.1, 0.15) is 16.7 Å². The van der Waals surface area contributed by atoms with Gasteiger partial charge in [-0.05, 0) is 23.8 Å². The Balaban J connectivity index is 1.89. The molecule has 1 N–H and O–H groups in total. The SMILES string of the molecule is O=C(NCC#Cc1ccc(Br)cc1C(F)(F)F)OCc1ccccc1. The minimum atomic E-state index is -4.50. The van der Waals surface area contributed by atoms with Crippen LogP contribution in [0.3, 0.4) is 0 Å². The molecular formula is C18H13BrF3NO2. The summed E-state index contributed by atoms with van der Waals surface area (Å²) in [6.07, 6.45) is -5.19. The molecule has 0 saturated carbocycles. The van der Waals surface area contributed by atoms with Crippen LogP contribution in [0.5, 0.6) is 0 Å². The lowest BCUT2D eigenvalue weighted by atomic mass is 10.1. The van der Waals surface area contributed by atoms with Crippen molar-refractivity contribution in [3.63, 3.8) is 0 Å². The number of ether oxygens (including phenoxy) is 1. The fourth-order valence-corrected chi connectivity index (χ4v) is 2.25. The molecule has 3 nitrogen and oxygen atoms in total. The van der Waals surface area contributed by atoms with Crippen LogP contribution in [0.25, 0.3) is 0 Å². The maximum Gasteiger partial charge on any atom is 0.417 e. The Morgan fingerprint density at radius 1 is 1.16 bits per heavy atom. The highest BCUT2D eigenvalue weighted by molar-refractivity contribution is 9.10. The first kappa shape index (κ1) is 18.9. The summed E-state index contributed by atoms with van der Waals surface area (Å²) in [5.41, 5.74) is -0.162. The summed E-state index contributed by atoms with van der Waals surface area (Å²) < 4.78 is 44.1. The van der Waals surface area contributed by atoms with Gasteiger partial charge in [0.15, 0.2) is 0 Å². The molecule has 2 aromatic carbocycles. The number of carbonyl (C=O) groups is 1. The normalized spacial score (nSPS) is 10.6. The van der Waals surface area contributed by atoms with Crippen molar-refractivity contribution in [1.29, 1.82) is 0 Å². The molecule has 7 heteroatoms. The van der Waals surface area contributed by atoms with Crippen molar-refractivity contribution < 1.29 is 22.7 Å². The molecule has 2 aromatic rings. The van der Waals surface area contributed by atoms with Gasteiger partial charge in [0.05, 0.1) is 12.1 Å². The maximum absolute atomic E-state index is 12.9. The molecule has 0 aliphatic rings. The summed E-state index contributed by atoms with van der Waals surface area (Å²) in [5, 5.41) is 2.37. The number of benzene rings is 2. The van der Waals surface area contributed by atoms with E-state index in [-0.39, 0.29) is 18.7 Å². The molecule has 1 amide bonds. The van der Waals surface area contributed by atoms with Crippen molar-refractivity contribution in [2.24, 2.45) is 0 Å². The molecule has 0 radical (unpaired) electrons. The third kappa shape index (κ3) is 6.16. The van der Waals surface area contributed by atoms with E-state index < -0.39 is 17.8 Å². The number of amides is 1. The van der Waals surface area contributed by atoms with Crippen molar-refractivity contribution in [2.75, 3.05) is 6.54 Å². The standard InChI is InChI=1S/C18H13BrF3NO2/c19-15-9-8-14(16(11-15)18(20,21)22)7-4-10-23-17(24)25-12-13-5-2-1-3-6-13/h1-3,5-6,8-9,11H,10,12H2,(H,23,24). The van der Waals surface area contributed by atoms with Gasteiger partial charge in [0.2, 0.25) is 0 Å². The molecule has 0 bridgehead atoms. The van der Waals surface area contributed by atoms with Crippen molar-refractivity contribution in [3.05, 3.63) is 69.7 Å². The minimum absolute atomic E-state index is 0.102. The van der Waals surface area contributed by atoms with E-state index in [2.05, 4.69) is 33.1 Å². The summed E-state index contributed by atoms with van der Waals surface area (Å²) >= 11 is 3.00. The van der Waals surface area contributed by atoms with Gasteiger partial charge >= 0.3 is 12.3 Å². The van der Waals surface area contributed by atoms with E-state index in [0.29, 0.717) is 4.47 Å². The van der Waals surface area contributed by atoms with Crippen LogP contribution < -0.4 is 5.32 Å². The highest BCUT2D eigenvalue weighted by atomic mass is 79.9. The van der Waals surface area contributed by atoms with Crippen molar-refractivity contribution in [2.45, 2.75) is 12.8 Å². The molecular weight excluding hydrogens is 399 g/mol. The largest absolute Gasteiger partial charge is 0.445 e. The Kier molecular flexibility index (Phi) is 6.48. The third-order valence-corrected chi connectivity index (χ3v) is 3.54. The van der Waals surface area contributed by atoms with Crippen LogP contribution in [0.4, 0.5) is 18.0 Å². The Hall–Kier alpha value is -2.46. The number of hydrogen-bond donors (Lipinski definition) is 1. The van der Waals surface area contributed by atoms with Gasteiger partial charge in [0, 0.05) is 10.0 Å². The van der Waals surface area contributed by atoms with Gasteiger partial charge in [-0.25, -0.2) is 4.79 Å². The zero-order valence-corrected chi connectivity index (χ0v) is 14.4. The van der Waals surface area contributed by atoms with Crippen molar-refractivity contribution >= 4 is 22.0 Å². The summed E-state index contributed by atoms with van der Waals surface area (Å²) in [6.45, 7) is -0.0218. The first-order valence-corrected chi connectivity index (χ1v) is 7.96. The fraction of sp³-hybridized carbons (Fsp3) is 0.167. The monoisotopic (exact) mass is 411 g/mol. The average molecular weight is 412 g/mol. The van der Waals surface area contributed by atoms with Crippen LogP contribution in [-0.4, -0.2) is 12.6 Å². The predicted molar refractivity (Wildman–Crippen MR) is 90.7 cm³/mol. The van der Waals surface area contributed by atoms with Crippen LogP contribution in [-0.2, 0) is 17.5 Å². The van der Waals surface area contributed by atoms with Gasteiger partial charge in [-0.15, -0.1) is 0 Å². The number of alkyl carbamates (subject to hydrolysis) is 1. The Morgan fingerprint density at radius 3 is 2.56 bits per heavy atom. The van der Waals surface area contributed by atoms with Gasteiger partial charge in [-0.3, -0.25) is 0 Å². The molecule has 0 spiro atoms. The van der Waals surface area contributed by atoms with E-state index in [1.165, 1.54) is 12.1 Å². The zero-order valence-electron chi connectivity index (χ0n) is 12.9. The quantitative estimate of drug-likeness (QED) is 0.740. The molecule has 0 saturated heterocycles. The Labute approximate surface area is 151 Å². The lowest BCUT2D eigenvalue weighted by Gasteiger charge is -2.09. The second-order valence-electron chi connectivity index (χ2n) is 4.90. The first-order valence-electron chi connectivity index (χ1n) is 7.16. The fourth-order valence-electron chi connectivity index (χ4n) is 1.89. The zero-order chi connectivity index (χ0) is 18.3. The topological polar surface area (TPSA) is 38.3 Å². The summed E-state index contributed by atoms with van der Waals surface area (Å²) in [7, 11) is 0. The second-order valence-corrected chi connectivity index (χ2v) is 5.82. The summed E-state index contributed by atoms with van der Waals surface area (Å²) in [4.78, 5) is 11.5. The first-order chi connectivity index (χ1) is 11.9. The molecule has 0 aromatic heterocycles. The number of hydrogen-bond acceptors (Lipinski definition) is 2. The van der Waals surface area contributed by atoms with Crippen LogP contribution in [0, 0.1) is 11.8 Å². The number of halogens is 4. The van der Waals surface area contributed by atoms with E-state index in [0.717, 1.165) is 11.6 Å². The van der Waals surface area contributed by atoms with E-state index in [4.69, 9.17) is 4.74 Å². The number of carbonyl (C=O) groups excluding carboxylic acids is 1. The van der Waals surface area contributed by atoms with Crippen LogP contribution in [0.2, 0.25) is 0 Å². The maximum atomic E-state index is 12.9. The van der Waals surface area contributed by atoms with Crippen molar-refractivity contribution in [3.8, 4) is 11.8 Å². The van der Waals surface area contributed by atoms with Gasteiger partial charge < -0.3 is 10.1 Å². The smallest absolute Gasteiger partial charge is 0.417 e. The minimum Gasteiger partial charge on any atom is -0.445 e. The predicted octanol–water partition coefficient (Wildman–Crippen LogP) is 4.75. The summed E-state index contributed by atoms with van der Waals surface area (Å²) in [6, 6.07) is 12.8. The molecule has 0 unspecified atom stereocenters. The lowest BCUT2D eigenvalue weighted by Crippen LogP contribution is -2.24. The number of rotatable bonds is 3. The average Bonchev–Trinajstić information content (AvgIpc) is 2.58. The molecule has 0 aliphatic carbocycles. The summed E-state index contributed by atoms with van der Waals surface area (Å²) in [5.74, 6) is 4.90. The molecule has 130 valence electrons. The molecule has 25 heavy (non-hydrogen) atoms. The van der Waals surface area contributed by atoms with Gasteiger partial charge in [-0.2, -0.15) is 13.2 Å². The number of nitrogens with one attached hydrogen (secondary N) is 1. The van der Waals surface area contributed by atoms with E-state index >= 15 is 0 Å². The highest BCUT2D eigenvalue weighted by Crippen LogP contribution is 2.33. The Bertz CT molecular complexity index is 795. The molecule has 2 rings (SSSR count). The van der Waals surface area contributed by atoms with Gasteiger partial charge in [0.1, 0.15) is 6.61 Å².